The van der Waals surface area contributed by atoms with Gasteiger partial charge in [0.15, 0.2) is 0 Å². The molecule has 14 heavy (non-hydrogen) atoms. The summed E-state index contributed by atoms with van der Waals surface area (Å²) in [5.41, 5.74) is 8.24. The van der Waals surface area contributed by atoms with Crippen molar-refractivity contribution >= 4 is 0 Å². The van der Waals surface area contributed by atoms with Crippen LogP contribution in [0.3, 0.4) is 0 Å². The van der Waals surface area contributed by atoms with Crippen molar-refractivity contribution in [2.45, 2.75) is 40.0 Å². The molecule has 0 heterocycles. The third kappa shape index (κ3) is 0.944. The van der Waals surface area contributed by atoms with Gasteiger partial charge in [-0.2, -0.15) is 5.26 Å². The van der Waals surface area contributed by atoms with Crippen LogP contribution in [0.15, 0.2) is 0 Å². The molecule has 0 aromatic heterocycles. The molecule has 1 unspecified atom stereocenters. The first-order valence-electron chi connectivity index (χ1n) is 5.06. The zero-order valence-corrected chi connectivity index (χ0v) is 9.23. The minimum atomic E-state index is 0.156. The Morgan fingerprint density at radius 1 is 1.00 bits per heavy atom. The molecule has 1 aromatic rings. The highest BCUT2D eigenvalue weighted by atomic mass is 14.4. The molecule has 1 nitrogen and oxygen atoms in total. The SMILES string of the molecule is Cc1c(C)c(C)c2c(c1C)CC2C#N. The van der Waals surface area contributed by atoms with Gasteiger partial charge in [0, 0.05) is 0 Å². The predicted molar refractivity (Wildman–Crippen MR) is 57.4 cm³/mol. The summed E-state index contributed by atoms with van der Waals surface area (Å²) < 4.78 is 0. The lowest BCUT2D eigenvalue weighted by Crippen LogP contribution is -2.21. The van der Waals surface area contributed by atoms with Gasteiger partial charge in [0.05, 0.1) is 12.0 Å². The van der Waals surface area contributed by atoms with E-state index in [1.165, 1.54) is 33.4 Å². The summed E-state index contributed by atoms with van der Waals surface area (Å²) in [6.07, 6.45) is 0.958. The molecular weight excluding hydrogens is 170 g/mol. The second-order valence-corrected chi connectivity index (χ2v) is 4.28. The minimum absolute atomic E-state index is 0.156. The molecule has 0 spiro atoms. The average Bonchev–Trinajstić information content (AvgIpc) is 2.12. The first-order valence-corrected chi connectivity index (χ1v) is 5.06. The van der Waals surface area contributed by atoms with Gasteiger partial charge in [-0.15, -0.1) is 0 Å². The number of hydrogen-bond donors (Lipinski definition) is 0. The molecule has 1 aliphatic carbocycles. The van der Waals surface area contributed by atoms with Crippen molar-refractivity contribution in [3.05, 3.63) is 33.4 Å². The monoisotopic (exact) mass is 185 g/mol. The summed E-state index contributed by atoms with van der Waals surface area (Å²) >= 11 is 0. The van der Waals surface area contributed by atoms with Crippen molar-refractivity contribution in [1.82, 2.24) is 0 Å². The van der Waals surface area contributed by atoms with Crippen LogP contribution >= 0.6 is 0 Å². The smallest absolute Gasteiger partial charge is 0.0758 e. The van der Waals surface area contributed by atoms with Crippen molar-refractivity contribution in [2.75, 3.05) is 0 Å². The van der Waals surface area contributed by atoms with Gasteiger partial charge in [0.25, 0.3) is 0 Å². The minimum Gasteiger partial charge on any atom is -0.198 e. The van der Waals surface area contributed by atoms with Crippen LogP contribution in [0.1, 0.15) is 39.3 Å². The number of fused-ring (bicyclic) bond motifs is 1. The zero-order valence-electron chi connectivity index (χ0n) is 9.23. The third-order valence-corrected chi connectivity index (χ3v) is 3.78. The van der Waals surface area contributed by atoms with E-state index < -0.39 is 0 Å². The first kappa shape index (κ1) is 9.27. The van der Waals surface area contributed by atoms with Crippen LogP contribution in [-0.4, -0.2) is 0 Å². The molecule has 0 saturated carbocycles. The standard InChI is InChI=1S/C13H15N/c1-7-8(2)10(4)13-11(6-14)5-12(13)9(7)3/h11H,5H2,1-4H3. The Morgan fingerprint density at radius 3 is 2.14 bits per heavy atom. The summed E-state index contributed by atoms with van der Waals surface area (Å²) in [5.74, 6) is 0.156. The Morgan fingerprint density at radius 2 is 1.57 bits per heavy atom. The van der Waals surface area contributed by atoms with Gasteiger partial charge in [-0.05, 0) is 67.5 Å². The lowest BCUT2D eigenvalue weighted by atomic mass is 9.71. The van der Waals surface area contributed by atoms with Gasteiger partial charge >= 0.3 is 0 Å². The van der Waals surface area contributed by atoms with Gasteiger partial charge in [-0.1, -0.05) is 0 Å². The summed E-state index contributed by atoms with van der Waals surface area (Å²) in [5, 5.41) is 8.96. The van der Waals surface area contributed by atoms with Crippen molar-refractivity contribution in [2.24, 2.45) is 0 Å². The van der Waals surface area contributed by atoms with Crippen LogP contribution in [0.5, 0.6) is 0 Å². The van der Waals surface area contributed by atoms with Gasteiger partial charge in [0.1, 0.15) is 0 Å². The predicted octanol–water partition coefficient (Wildman–Crippen LogP) is 3.08. The number of nitriles is 1. The zero-order chi connectivity index (χ0) is 10.5. The molecule has 72 valence electrons. The van der Waals surface area contributed by atoms with Crippen LogP contribution in [0.4, 0.5) is 0 Å². The fourth-order valence-corrected chi connectivity index (χ4v) is 2.44. The van der Waals surface area contributed by atoms with E-state index in [9.17, 15) is 0 Å². The molecule has 1 aromatic carbocycles. The highest BCUT2D eigenvalue weighted by molar-refractivity contribution is 5.58. The van der Waals surface area contributed by atoms with Gasteiger partial charge in [-0.3, -0.25) is 0 Å². The molecule has 1 heteroatoms. The van der Waals surface area contributed by atoms with E-state index in [-0.39, 0.29) is 5.92 Å². The maximum Gasteiger partial charge on any atom is 0.0758 e. The van der Waals surface area contributed by atoms with Crippen LogP contribution in [0, 0.1) is 39.0 Å². The molecule has 0 fully saturated rings. The lowest BCUT2D eigenvalue weighted by Gasteiger charge is -2.31. The largest absolute Gasteiger partial charge is 0.198 e. The molecule has 1 aliphatic rings. The summed E-state index contributed by atoms with van der Waals surface area (Å²) in [4.78, 5) is 0. The molecular formula is C13H15N. The molecule has 2 rings (SSSR count). The topological polar surface area (TPSA) is 23.8 Å². The number of benzene rings is 1. The number of rotatable bonds is 0. The third-order valence-electron chi connectivity index (χ3n) is 3.78. The molecule has 0 radical (unpaired) electrons. The van der Waals surface area contributed by atoms with Gasteiger partial charge in [0.2, 0.25) is 0 Å². The van der Waals surface area contributed by atoms with Gasteiger partial charge < -0.3 is 0 Å². The highest BCUT2D eigenvalue weighted by Gasteiger charge is 2.31. The Labute approximate surface area is 85.4 Å². The molecule has 0 saturated heterocycles. The van der Waals surface area contributed by atoms with Gasteiger partial charge in [-0.25, -0.2) is 0 Å². The fraction of sp³-hybridized carbons (Fsp3) is 0.462. The van der Waals surface area contributed by atoms with E-state index >= 15 is 0 Å². The van der Waals surface area contributed by atoms with E-state index in [1.807, 2.05) is 0 Å². The maximum absolute atomic E-state index is 8.96. The maximum atomic E-state index is 8.96. The second kappa shape index (κ2) is 2.85. The quantitative estimate of drug-likeness (QED) is 0.609. The van der Waals surface area contributed by atoms with E-state index in [2.05, 4.69) is 33.8 Å². The highest BCUT2D eigenvalue weighted by Crippen LogP contribution is 2.41. The van der Waals surface area contributed by atoms with Crippen molar-refractivity contribution < 1.29 is 0 Å². The molecule has 0 amide bonds. The molecule has 0 N–H and O–H groups in total. The number of nitrogens with zero attached hydrogens (tertiary/aromatic N) is 1. The normalized spacial score (nSPS) is 18.4. The van der Waals surface area contributed by atoms with E-state index in [1.54, 1.807) is 0 Å². The Kier molecular flexibility index (Phi) is 1.89. The first-order chi connectivity index (χ1) is 6.57. The summed E-state index contributed by atoms with van der Waals surface area (Å²) in [6.45, 7) is 8.65. The van der Waals surface area contributed by atoms with Crippen molar-refractivity contribution in [3.63, 3.8) is 0 Å². The Bertz CT molecular complexity index is 426. The Hall–Kier alpha value is -1.29. The van der Waals surface area contributed by atoms with Crippen molar-refractivity contribution in [1.29, 1.82) is 5.26 Å². The van der Waals surface area contributed by atoms with E-state index in [4.69, 9.17) is 5.26 Å². The van der Waals surface area contributed by atoms with Crippen molar-refractivity contribution in [3.8, 4) is 6.07 Å². The summed E-state index contributed by atoms with van der Waals surface area (Å²) in [7, 11) is 0. The van der Waals surface area contributed by atoms with Crippen LogP contribution in [-0.2, 0) is 6.42 Å². The van der Waals surface area contributed by atoms with Crippen LogP contribution in [0.2, 0.25) is 0 Å². The van der Waals surface area contributed by atoms with Crippen LogP contribution in [0.25, 0.3) is 0 Å². The molecule has 0 aliphatic heterocycles. The molecule has 1 atom stereocenters. The molecule has 0 bridgehead atoms. The second-order valence-electron chi connectivity index (χ2n) is 4.28. The average molecular weight is 185 g/mol. The van der Waals surface area contributed by atoms with E-state index in [0.717, 1.165) is 6.42 Å². The fourth-order valence-electron chi connectivity index (χ4n) is 2.44. The van der Waals surface area contributed by atoms with Crippen LogP contribution < -0.4 is 0 Å². The number of hydrogen-bond acceptors (Lipinski definition) is 1. The summed E-state index contributed by atoms with van der Waals surface area (Å²) in [6, 6.07) is 2.37. The Balaban J connectivity index is 2.72. The van der Waals surface area contributed by atoms with E-state index in [0.29, 0.717) is 0 Å². The lowest BCUT2D eigenvalue weighted by molar-refractivity contribution is 0.723.